The zero-order chi connectivity index (χ0) is 17.6. The topological polar surface area (TPSA) is 43.9 Å². The number of aromatic nitrogens is 3. The lowest BCUT2D eigenvalue weighted by Crippen LogP contribution is -1.99. The predicted octanol–water partition coefficient (Wildman–Crippen LogP) is 5.57. The molecule has 1 aliphatic carbocycles. The van der Waals surface area contributed by atoms with Gasteiger partial charge in [-0.15, -0.1) is 0 Å². The first-order valence-electron chi connectivity index (χ1n) is 8.44. The third-order valence-electron chi connectivity index (χ3n) is 4.46. The quantitative estimate of drug-likeness (QED) is 0.542. The van der Waals surface area contributed by atoms with Gasteiger partial charge >= 0.3 is 0 Å². The average Bonchev–Trinajstić information content (AvgIpc) is 3.19. The lowest BCUT2D eigenvalue weighted by molar-refractivity contribution is 0.533. The van der Waals surface area contributed by atoms with Gasteiger partial charge in [0, 0.05) is 41.7 Å². The first-order valence-corrected chi connectivity index (χ1v) is 9.61. The van der Waals surface area contributed by atoms with Crippen molar-refractivity contribution in [3.8, 4) is 11.3 Å². The van der Waals surface area contributed by atoms with Crippen LogP contribution in [0.1, 0.15) is 35.6 Å². The summed E-state index contributed by atoms with van der Waals surface area (Å²) in [6.45, 7) is 4.89. The Morgan fingerprint density at radius 1 is 1.32 bits per heavy atom. The molecule has 25 heavy (non-hydrogen) atoms. The van der Waals surface area contributed by atoms with Gasteiger partial charge in [0.25, 0.3) is 0 Å². The van der Waals surface area contributed by atoms with E-state index in [-0.39, 0.29) is 0 Å². The highest BCUT2D eigenvalue weighted by Gasteiger charge is 2.23. The largest absolute Gasteiger partial charge is 0.441 e. The van der Waals surface area contributed by atoms with E-state index in [1.54, 1.807) is 0 Å². The van der Waals surface area contributed by atoms with Crippen molar-refractivity contribution < 1.29 is 4.42 Å². The molecule has 4 nitrogen and oxygen atoms in total. The molecule has 0 saturated heterocycles. The molecule has 1 aliphatic rings. The molecule has 2 heterocycles. The Bertz CT molecular complexity index is 927. The molecule has 0 N–H and O–H groups in total. The number of aryl methyl sites for hydroxylation is 2. The zero-order valence-corrected chi connectivity index (χ0v) is 16.6. The highest BCUT2D eigenvalue weighted by atomic mass is 79.9. The van der Waals surface area contributed by atoms with Crippen LogP contribution < -0.4 is 0 Å². The second-order valence-electron chi connectivity index (χ2n) is 6.78. The normalized spacial score (nSPS) is 14.2. The van der Waals surface area contributed by atoms with E-state index in [1.165, 1.54) is 18.4 Å². The van der Waals surface area contributed by atoms with Crippen molar-refractivity contribution in [3.05, 3.63) is 56.7 Å². The second kappa shape index (κ2) is 6.61. The Morgan fingerprint density at radius 3 is 2.84 bits per heavy atom. The molecule has 2 aromatic heterocycles. The molecular formula is C19H19BrClN3O. The first kappa shape index (κ1) is 16.9. The van der Waals surface area contributed by atoms with Crippen LogP contribution in [-0.2, 0) is 13.0 Å². The van der Waals surface area contributed by atoms with Crippen molar-refractivity contribution in [1.29, 1.82) is 0 Å². The smallest absolute Gasteiger partial charge is 0.192 e. The number of hydrogen-bond acceptors (Lipinski definition) is 3. The number of halogens is 2. The lowest BCUT2D eigenvalue weighted by Gasteiger charge is -2.04. The zero-order valence-electron chi connectivity index (χ0n) is 14.2. The van der Waals surface area contributed by atoms with Crippen LogP contribution in [0.25, 0.3) is 11.3 Å². The summed E-state index contributed by atoms with van der Waals surface area (Å²) in [5.41, 5.74) is 4.07. The molecule has 0 atom stereocenters. The van der Waals surface area contributed by atoms with E-state index in [4.69, 9.17) is 16.0 Å². The Hall–Kier alpha value is -1.59. The van der Waals surface area contributed by atoms with Crippen LogP contribution in [0.2, 0.25) is 5.15 Å². The van der Waals surface area contributed by atoms with Gasteiger partial charge in [-0.1, -0.05) is 33.6 Å². The minimum atomic E-state index is 0.551. The molecule has 0 amide bonds. The van der Waals surface area contributed by atoms with Gasteiger partial charge in [0.15, 0.2) is 16.8 Å². The maximum Gasteiger partial charge on any atom is 0.192 e. The monoisotopic (exact) mass is 419 g/mol. The van der Waals surface area contributed by atoms with Crippen molar-refractivity contribution in [2.75, 3.05) is 0 Å². The van der Waals surface area contributed by atoms with Crippen molar-refractivity contribution >= 4 is 27.5 Å². The minimum Gasteiger partial charge on any atom is -0.441 e. The third-order valence-corrected chi connectivity index (χ3v) is 5.43. The second-order valence-corrected chi connectivity index (χ2v) is 7.99. The summed E-state index contributed by atoms with van der Waals surface area (Å²) in [6, 6.07) is 6.21. The standard InChI is InChI=1S/C19H19BrClN3O/c1-11-3-6-15(16(20)7-11)18-17(22-12(2)25-18)8-14-10-24(23-19(14)21)9-13-4-5-13/h3,6-7,10,13H,4-5,8-9H2,1-2H3. The number of rotatable bonds is 5. The molecule has 4 rings (SSSR count). The summed E-state index contributed by atoms with van der Waals surface area (Å²) in [6.07, 6.45) is 5.23. The molecular weight excluding hydrogens is 402 g/mol. The van der Waals surface area contributed by atoms with Crippen LogP contribution >= 0.6 is 27.5 Å². The molecule has 0 unspecified atom stereocenters. The summed E-state index contributed by atoms with van der Waals surface area (Å²) >= 11 is 9.99. The van der Waals surface area contributed by atoms with Gasteiger partial charge in [0.1, 0.15) is 0 Å². The van der Waals surface area contributed by atoms with E-state index in [0.29, 0.717) is 17.5 Å². The maximum absolute atomic E-state index is 6.36. The molecule has 0 bridgehead atoms. The van der Waals surface area contributed by atoms with Crippen LogP contribution in [0.5, 0.6) is 0 Å². The summed E-state index contributed by atoms with van der Waals surface area (Å²) in [4.78, 5) is 4.59. The van der Waals surface area contributed by atoms with E-state index >= 15 is 0 Å². The molecule has 1 saturated carbocycles. The Labute approximate surface area is 160 Å². The molecule has 1 fully saturated rings. The Balaban J connectivity index is 1.66. The fourth-order valence-electron chi connectivity index (χ4n) is 3.00. The van der Waals surface area contributed by atoms with Gasteiger partial charge in [0.2, 0.25) is 0 Å². The van der Waals surface area contributed by atoms with Crippen molar-refractivity contribution in [2.24, 2.45) is 5.92 Å². The highest BCUT2D eigenvalue weighted by molar-refractivity contribution is 9.10. The van der Waals surface area contributed by atoms with E-state index < -0.39 is 0 Å². The number of nitrogens with zero attached hydrogens (tertiary/aromatic N) is 3. The van der Waals surface area contributed by atoms with E-state index in [1.807, 2.05) is 17.8 Å². The van der Waals surface area contributed by atoms with E-state index in [9.17, 15) is 0 Å². The Morgan fingerprint density at radius 2 is 2.12 bits per heavy atom. The predicted molar refractivity (Wildman–Crippen MR) is 102 cm³/mol. The molecule has 3 aromatic rings. The number of hydrogen-bond donors (Lipinski definition) is 0. The van der Waals surface area contributed by atoms with Gasteiger partial charge in [-0.25, -0.2) is 4.98 Å². The minimum absolute atomic E-state index is 0.551. The van der Waals surface area contributed by atoms with Crippen LogP contribution in [0.3, 0.4) is 0 Å². The van der Waals surface area contributed by atoms with Crippen LogP contribution in [0, 0.1) is 19.8 Å². The summed E-state index contributed by atoms with van der Waals surface area (Å²) in [5.74, 6) is 2.20. The fourth-order valence-corrected chi connectivity index (χ4v) is 3.89. The van der Waals surface area contributed by atoms with Crippen molar-refractivity contribution in [2.45, 2.75) is 39.7 Å². The van der Waals surface area contributed by atoms with Crippen LogP contribution in [-0.4, -0.2) is 14.8 Å². The van der Waals surface area contributed by atoms with Crippen molar-refractivity contribution in [3.63, 3.8) is 0 Å². The van der Waals surface area contributed by atoms with Gasteiger partial charge in [-0.05, 0) is 43.4 Å². The fraction of sp³-hybridized carbons (Fsp3) is 0.368. The average molecular weight is 421 g/mol. The maximum atomic E-state index is 6.36. The molecule has 0 aliphatic heterocycles. The molecule has 130 valence electrons. The van der Waals surface area contributed by atoms with Gasteiger partial charge in [-0.3, -0.25) is 4.68 Å². The van der Waals surface area contributed by atoms with E-state index in [0.717, 1.165) is 39.5 Å². The number of oxazole rings is 1. The highest BCUT2D eigenvalue weighted by Crippen LogP contribution is 2.34. The van der Waals surface area contributed by atoms with Gasteiger partial charge in [0.05, 0.1) is 5.69 Å². The Kier molecular flexibility index (Phi) is 4.46. The summed E-state index contributed by atoms with van der Waals surface area (Å²) in [7, 11) is 0. The molecule has 6 heteroatoms. The van der Waals surface area contributed by atoms with Gasteiger partial charge in [-0.2, -0.15) is 5.10 Å². The van der Waals surface area contributed by atoms with Crippen LogP contribution in [0.4, 0.5) is 0 Å². The molecule has 0 radical (unpaired) electrons. The number of benzene rings is 1. The van der Waals surface area contributed by atoms with E-state index in [2.05, 4.69) is 51.1 Å². The van der Waals surface area contributed by atoms with Crippen molar-refractivity contribution in [1.82, 2.24) is 14.8 Å². The summed E-state index contributed by atoms with van der Waals surface area (Å²) < 4.78 is 8.87. The summed E-state index contributed by atoms with van der Waals surface area (Å²) in [5, 5.41) is 4.99. The third kappa shape index (κ3) is 3.67. The van der Waals surface area contributed by atoms with Crippen LogP contribution in [0.15, 0.2) is 33.3 Å². The SMILES string of the molecule is Cc1ccc(-c2oc(C)nc2Cc2cn(CC3CC3)nc2Cl)c(Br)c1. The first-order chi connectivity index (χ1) is 12.0. The molecule has 0 spiro atoms. The molecule has 1 aromatic carbocycles. The lowest BCUT2D eigenvalue weighted by atomic mass is 10.1. The van der Waals surface area contributed by atoms with Gasteiger partial charge < -0.3 is 4.42 Å².